The van der Waals surface area contributed by atoms with Crippen LogP contribution in [0.3, 0.4) is 0 Å². The topological polar surface area (TPSA) is 94.1 Å². The number of aliphatic hydroxyl groups is 1. The molecule has 9 heteroatoms. The largest absolute Gasteiger partial charge is 0.385 e. The van der Waals surface area contributed by atoms with Gasteiger partial charge in [-0.2, -0.15) is 0 Å². The smallest absolute Gasteiger partial charge is 0.186 e. The highest BCUT2D eigenvalue weighted by Gasteiger charge is 2.49. The minimum atomic E-state index is -1.06. The van der Waals surface area contributed by atoms with Gasteiger partial charge in [-0.3, -0.25) is 0 Å². The van der Waals surface area contributed by atoms with Gasteiger partial charge in [-0.15, -0.1) is 0 Å². The molecule has 254 valence electrons. The second kappa shape index (κ2) is 17.8. The van der Waals surface area contributed by atoms with Crippen LogP contribution in [0.15, 0.2) is 121 Å². The highest BCUT2D eigenvalue weighted by Crippen LogP contribution is 2.32. The van der Waals surface area contributed by atoms with Gasteiger partial charge >= 0.3 is 0 Å². The van der Waals surface area contributed by atoms with Gasteiger partial charge in [0.05, 0.1) is 39.6 Å². The van der Waals surface area contributed by atoms with Crippen molar-refractivity contribution in [1.29, 1.82) is 0 Å². The molecule has 8 atom stereocenters. The summed E-state index contributed by atoms with van der Waals surface area (Å²) >= 11 is 0. The summed E-state index contributed by atoms with van der Waals surface area (Å²) in [5.41, 5.74) is 4.08. The maximum Gasteiger partial charge on any atom is 0.186 e. The molecule has 4 aromatic rings. The van der Waals surface area contributed by atoms with Crippen molar-refractivity contribution in [2.75, 3.05) is 20.3 Å². The Morgan fingerprint density at radius 2 is 0.896 bits per heavy atom. The molecule has 2 fully saturated rings. The first-order valence-corrected chi connectivity index (χ1v) is 16.4. The fraction of sp³-hybridized carbons (Fsp3) is 0.385. The van der Waals surface area contributed by atoms with Crippen LogP contribution in [0.2, 0.25) is 0 Å². The van der Waals surface area contributed by atoms with Crippen LogP contribution < -0.4 is 0 Å². The van der Waals surface area contributed by atoms with Crippen molar-refractivity contribution >= 4 is 0 Å². The van der Waals surface area contributed by atoms with Crippen LogP contribution in [0.25, 0.3) is 0 Å². The van der Waals surface area contributed by atoms with E-state index >= 15 is 0 Å². The van der Waals surface area contributed by atoms with E-state index < -0.39 is 49.2 Å². The predicted octanol–water partition coefficient (Wildman–Crippen LogP) is 5.43. The van der Waals surface area contributed by atoms with Gasteiger partial charge in [-0.25, -0.2) is 0 Å². The zero-order valence-electron chi connectivity index (χ0n) is 27.1. The molecule has 2 heterocycles. The minimum Gasteiger partial charge on any atom is -0.385 e. The minimum absolute atomic E-state index is 0.0647. The van der Waals surface area contributed by atoms with Crippen LogP contribution in [0.5, 0.6) is 0 Å². The second-order valence-corrected chi connectivity index (χ2v) is 11.9. The molecule has 4 aromatic carbocycles. The third-order valence-electron chi connectivity index (χ3n) is 8.46. The summed E-state index contributed by atoms with van der Waals surface area (Å²) in [6, 6.07) is 39.6. The number of rotatable bonds is 17. The van der Waals surface area contributed by atoms with Crippen LogP contribution >= 0.6 is 0 Å². The molecule has 48 heavy (non-hydrogen) atoms. The second-order valence-electron chi connectivity index (χ2n) is 11.9. The zero-order chi connectivity index (χ0) is 33.0. The normalized spacial score (nSPS) is 27.0. The number of benzene rings is 4. The number of hydrogen-bond donors (Lipinski definition) is 1. The lowest BCUT2D eigenvalue weighted by atomic mass is 10.1. The van der Waals surface area contributed by atoms with Crippen LogP contribution in [-0.2, 0) is 64.3 Å². The van der Waals surface area contributed by atoms with Gasteiger partial charge < -0.3 is 43.0 Å². The SMILES string of the molecule is CO[C@H]1O[C@H](CO[C@H]2O[C@H](COCc3ccccc3)[C@@H](OCc3ccccc3)[C@@H]2O)[C@@H](OCc2ccccc2)[C@@H]1OCc1ccccc1. The molecule has 9 nitrogen and oxygen atoms in total. The Bertz CT molecular complexity index is 1460. The first kappa shape index (κ1) is 34.4. The zero-order valence-corrected chi connectivity index (χ0v) is 27.1. The fourth-order valence-corrected chi connectivity index (χ4v) is 5.93. The highest BCUT2D eigenvalue weighted by molar-refractivity contribution is 5.16. The summed E-state index contributed by atoms with van der Waals surface area (Å²) in [4.78, 5) is 0. The molecule has 0 amide bonds. The lowest BCUT2D eigenvalue weighted by Gasteiger charge is -2.25. The average Bonchev–Trinajstić information content (AvgIpc) is 3.64. The van der Waals surface area contributed by atoms with E-state index in [1.165, 1.54) is 0 Å². The Labute approximate surface area is 282 Å². The van der Waals surface area contributed by atoms with E-state index in [0.717, 1.165) is 22.3 Å². The Hall–Kier alpha value is -3.48. The third-order valence-corrected chi connectivity index (χ3v) is 8.46. The maximum absolute atomic E-state index is 11.4. The van der Waals surface area contributed by atoms with Crippen molar-refractivity contribution in [2.24, 2.45) is 0 Å². The Kier molecular flexibility index (Phi) is 12.7. The average molecular weight is 657 g/mol. The van der Waals surface area contributed by atoms with Gasteiger partial charge in [0, 0.05) is 7.11 Å². The fourth-order valence-electron chi connectivity index (χ4n) is 5.93. The molecular weight excluding hydrogens is 612 g/mol. The van der Waals surface area contributed by atoms with Crippen LogP contribution in [-0.4, -0.2) is 74.6 Å². The molecule has 6 rings (SSSR count). The van der Waals surface area contributed by atoms with Gasteiger partial charge in [0.25, 0.3) is 0 Å². The summed E-state index contributed by atoms with van der Waals surface area (Å²) in [5, 5.41) is 11.4. The molecule has 0 spiro atoms. The van der Waals surface area contributed by atoms with E-state index in [0.29, 0.717) is 26.4 Å². The van der Waals surface area contributed by atoms with Crippen molar-refractivity contribution in [1.82, 2.24) is 0 Å². The molecule has 2 aliphatic rings. The third kappa shape index (κ3) is 9.35. The van der Waals surface area contributed by atoms with Crippen LogP contribution in [0, 0.1) is 0 Å². The lowest BCUT2D eigenvalue weighted by Crippen LogP contribution is -2.41. The lowest BCUT2D eigenvalue weighted by molar-refractivity contribution is -0.205. The summed E-state index contributed by atoms with van der Waals surface area (Å²) in [5.74, 6) is 0. The molecule has 2 saturated heterocycles. The highest BCUT2D eigenvalue weighted by atomic mass is 16.7. The van der Waals surface area contributed by atoms with E-state index in [4.69, 9.17) is 37.9 Å². The molecule has 0 aromatic heterocycles. The standard InChI is InChI=1S/C39H44O9/c1-41-39-37(45-25-31-20-12-5-13-21-31)36(44-24-30-18-10-4-11-19-30)33(48-39)27-46-38-34(40)35(43-23-29-16-8-3-9-17-29)32(47-38)26-42-22-28-14-6-2-7-15-28/h2-21,32-40H,22-27H2,1H3/t32-,33-,34+,35-,36-,37+,38+,39+/m1/s1. The summed E-state index contributed by atoms with van der Waals surface area (Å²) in [7, 11) is 1.58. The van der Waals surface area contributed by atoms with E-state index in [1.54, 1.807) is 7.11 Å². The molecule has 0 unspecified atom stereocenters. The predicted molar refractivity (Wildman–Crippen MR) is 177 cm³/mol. The van der Waals surface area contributed by atoms with Gasteiger partial charge in [-0.1, -0.05) is 121 Å². The first-order chi connectivity index (χ1) is 23.7. The molecule has 0 radical (unpaired) electrons. The number of ether oxygens (including phenoxy) is 8. The van der Waals surface area contributed by atoms with Crippen LogP contribution in [0.1, 0.15) is 22.3 Å². The monoisotopic (exact) mass is 656 g/mol. The molecule has 0 aliphatic carbocycles. The molecule has 0 bridgehead atoms. The Balaban J connectivity index is 1.12. The molecule has 1 N–H and O–H groups in total. The van der Waals surface area contributed by atoms with Crippen molar-refractivity contribution < 1.29 is 43.0 Å². The first-order valence-electron chi connectivity index (χ1n) is 16.4. The van der Waals surface area contributed by atoms with Gasteiger partial charge in [-0.05, 0) is 22.3 Å². The van der Waals surface area contributed by atoms with E-state index in [-0.39, 0.29) is 13.2 Å². The molecule has 0 saturated carbocycles. The van der Waals surface area contributed by atoms with Gasteiger partial charge in [0.1, 0.15) is 36.6 Å². The molecular formula is C39H44O9. The van der Waals surface area contributed by atoms with Crippen molar-refractivity contribution in [2.45, 2.75) is 75.6 Å². The van der Waals surface area contributed by atoms with E-state index in [2.05, 4.69) is 0 Å². The quantitative estimate of drug-likeness (QED) is 0.160. The van der Waals surface area contributed by atoms with E-state index in [1.807, 2.05) is 121 Å². The van der Waals surface area contributed by atoms with Crippen molar-refractivity contribution in [3.05, 3.63) is 144 Å². The molecule has 2 aliphatic heterocycles. The van der Waals surface area contributed by atoms with Gasteiger partial charge in [0.2, 0.25) is 0 Å². The number of hydrogen-bond acceptors (Lipinski definition) is 9. The summed E-state index contributed by atoms with van der Waals surface area (Å²) < 4.78 is 49.5. The summed E-state index contributed by atoms with van der Waals surface area (Å²) in [6.45, 7) is 1.72. The number of aliphatic hydroxyl groups excluding tert-OH is 1. The van der Waals surface area contributed by atoms with Crippen molar-refractivity contribution in [3.63, 3.8) is 0 Å². The van der Waals surface area contributed by atoms with Crippen LogP contribution in [0.4, 0.5) is 0 Å². The number of methoxy groups -OCH3 is 1. The maximum atomic E-state index is 11.4. The Morgan fingerprint density at radius 1 is 0.479 bits per heavy atom. The van der Waals surface area contributed by atoms with Gasteiger partial charge in [0.15, 0.2) is 12.6 Å². The van der Waals surface area contributed by atoms with Crippen molar-refractivity contribution in [3.8, 4) is 0 Å². The summed E-state index contributed by atoms with van der Waals surface area (Å²) in [6.07, 6.45) is -5.55. The Morgan fingerprint density at radius 3 is 1.40 bits per heavy atom. The van der Waals surface area contributed by atoms with E-state index in [9.17, 15) is 5.11 Å².